The van der Waals surface area contributed by atoms with Gasteiger partial charge in [0.1, 0.15) is 18.5 Å². The molecule has 28 heavy (non-hydrogen) atoms. The van der Waals surface area contributed by atoms with Gasteiger partial charge in [0.15, 0.2) is 0 Å². The number of hydrogen-bond donors (Lipinski definition) is 0. The van der Waals surface area contributed by atoms with Crippen molar-refractivity contribution in [3.05, 3.63) is 54.6 Å². The molecule has 0 radical (unpaired) electrons. The fraction of sp³-hybridized carbons (Fsp3) is 0.400. The van der Waals surface area contributed by atoms with Gasteiger partial charge in [-0.05, 0) is 26.3 Å². The van der Waals surface area contributed by atoms with Crippen LogP contribution in [0.15, 0.2) is 49.1 Å². The van der Waals surface area contributed by atoms with Gasteiger partial charge in [0.2, 0.25) is 6.10 Å². The summed E-state index contributed by atoms with van der Waals surface area (Å²) in [6.07, 6.45) is 1.87. The molecule has 1 aromatic heterocycles. The summed E-state index contributed by atoms with van der Waals surface area (Å²) in [5, 5.41) is 0. The molecule has 1 atom stereocenters. The van der Waals surface area contributed by atoms with Crippen molar-refractivity contribution in [2.75, 3.05) is 0 Å². The van der Waals surface area contributed by atoms with Gasteiger partial charge in [0, 0.05) is 25.2 Å². The minimum Gasteiger partial charge on any atom is -0.461 e. The van der Waals surface area contributed by atoms with E-state index in [2.05, 4.69) is 4.98 Å². The summed E-state index contributed by atoms with van der Waals surface area (Å²) in [4.78, 5) is 40.3. The number of nitrogens with zero attached hydrogens (tertiary/aromatic N) is 2. The number of rotatable bonds is 7. The first kappa shape index (κ1) is 21.1. The molecule has 8 nitrogen and oxygen atoms in total. The van der Waals surface area contributed by atoms with Crippen LogP contribution < -0.4 is 0 Å². The highest BCUT2D eigenvalue weighted by atomic mass is 16.6. The van der Waals surface area contributed by atoms with Gasteiger partial charge in [-0.2, -0.15) is 0 Å². The molecule has 0 N–H and O–H groups in total. The predicted octanol–water partition coefficient (Wildman–Crippen LogP) is 3.10. The van der Waals surface area contributed by atoms with E-state index in [0.29, 0.717) is 0 Å². The standard InChI is InChI=1S/C20H24N2O6/c1-20(2,3)28-18(24)16(27-19(25)22-12-11-21-14-22)9-10-17(23)26-13-15-7-5-4-6-8-15/h4-8,11-12,14,16H,9-10,13H2,1-3H3/t16-/m0/s1. The van der Waals surface area contributed by atoms with E-state index in [-0.39, 0.29) is 19.4 Å². The number of carbonyl (C=O) groups excluding carboxylic acids is 3. The number of ether oxygens (including phenoxy) is 3. The van der Waals surface area contributed by atoms with Crippen LogP contribution in [0.25, 0.3) is 0 Å². The maximum atomic E-state index is 12.4. The molecule has 0 fully saturated rings. The molecule has 150 valence electrons. The van der Waals surface area contributed by atoms with Gasteiger partial charge >= 0.3 is 18.0 Å². The fourth-order valence-electron chi connectivity index (χ4n) is 2.20. The van der Waals surface area contributed by atoms with E-state index >= 15 is 0 Å². The second-order valence-corrected chi connectivity index (χ2v) is 7.06. The maximum absolute atomic E-state index is 12.4. The van der Waals surface area contributed by atoms with Gasteiger partial charge in [-0.25, -0.2) is 19.1 Å². The van der Waals surface area contributed by atoms with Crippen LogP contribution in [0.1, 0.15) is 39.2 Å². The monoisotopic (exact) mass is 388 g/mol. The van der Waals surface area contributed by atoms with Gasteiger partial charge in [-0.15, -0.1) is 0 Å². The second kappa shape index (κ2) is 9.68. The van der Waals surface area contributed by atoms with E-state index in [1.807, 2.05) is 30.3 Å². The summed E-state index contributed by atoms with van der Waals surface area (Å²) in [5.74, 6) is -1.23. The fourth-order valence-corrected chi connectivity index (χ4v) is 2.20. The molecule has 1 aromatic carbocycles. The summed E-state index contributed by atoms with van der Waals surface area (Å²) in [5.41, 5.74) is 0.0935. The Hall–Kier alpha value is -3.16. The lowest BCUT2D eigenvalue weighted by molar-refractivity contribution is -0.166. The van der Waals surface area contributed by atoms with Crippen LogP contribution in [0.3, 0.4) is 0 Å². The zero-order chi connectivity index (χ0) is 20.6. The first-order valence-corrected chi connectivity index (χ1v) is 8.86. The number of imidazole rings is 1. The molecule has 0 bridgehead atoms. The Bertz CT molecular complexity index is 781. The third kappa shape index (κ3) is 7.22. The Morgan fingerprint density at radius 2 is 1.86 bits per heavy atom. The summed E-state index contributed by atoms with van der Waals surface area (Å²) < 4.78 is 16.8. The first-order valence-electron chi connectivity index (χ1n) is 8.86. The molecule has 2 aromatic rings. The lowest BCUT2D eigenvalue weighted by Gasteiger charge is -2.23. The molecule has 0 spiro atoms. The van der Waals surface area contributed by atoms with Crippen LogP contribution >= 0.6 is 0 Å². The van der Waals surface area contributed by atoms with Crippen molar-refractivity contribution in [1.82, 2.24) is 9.55 Å². The predicted molar refractivity (Wildman–Crippen MR) is 99.2 cm³/mol. The second-order valence-electron chi connectivity index (χ2n) is 7.06. The lowest BCUT2D eigenvalue weighted by Crippen LogP contribution is -2.36. The molecule has 0 aliphatic rings. The smallest absolute Gasteiger partial charge is 0.420 e. The molecular weight excluding hydrogens is 364 g/mol. The Kier molecular flexibility index (Phi) is 7.31. The molecule has 0 amide bonds. The van der Waals surface area contributed by atoms with E-state index in [4.69, 9.17) is 14.2 Å². The normalized spacial score (nSPS) is 12.1. The number of hydrogen-bond acceptors (Lipinski definition) is 7. The van der Waals surface area contributed by atoms with Crippen molar-refractivity contribution in [1.29, 1.82) is 0 Å². The van der Waals surface area contributed by atoms with E-state index in [1.165, 1.54) is 18.7 Å². The zero-order valence-corrected chi connectivity index (χ0v) is 16.2. The molecule has 0 saturated heterocycles. The number of aromatic nitrogens is 2. The van der Waals surface area contributed by atoms with Gasteiger partial charge < -0.3 is 14.2 Å². The molecule has 0 unspecified atom stereocenters. The molecule has 1 heterocycles. The minimum absolute atomic E-state index is 0.0526. The maximum Gasteiger partial charge on any atom is 0.420 e. The van der Waals surface area contributed by atoms with Crippen LogP contribution in [0.2, 0.25) is 0 Å². The van der Waals surface area contributed by atoms with Gasteiger partial charge in [-0.1, -0.05) is 30.3 Å². The summed E-state index contributed by atoms with van der Waals surface area (Å²) >= 11 is 0. The van der Waals surface area contributed by atoms with Gasteiger partial charge in [0.05, 0.1) is 0 Å². The molecular formula is C20H24N2O6. The highest BCUT2D eigenvalue weighted by Gasteiger charge is 2.29. The quantitative estimate of drug-likeness (QED) is 0.531. The van der Waals surface area contributed by atoms with Crippen LogP contribution in [-0.2, 0) is 30.4 Å². The number of carbonyl (C=O) groups is 3. The molecule has 2 rings (SSSR count). The van der Waals surface area contributed by atoms with Crippen molar-refractivity contribution in [3.63, 3.8) is 0 Å². The van der Waals surface area contributed by atoms with Gasteiger partial charge in [0.25, 0.3) is 0 Å². The third-order valence-corrected chi connectivity index (χ3v) is 3.48. The van der Waals surface area contributed by atoms with Crippen LogP contribution in [-0.4, -0.2) is 39.3 Å². The average Bonchev–Trinajstić information content (AvgIpc) is 3.17. The third-order valence-electron chi connectivity index (χ3n) is 3.48. The highest BCUT2D eigenvalue weighted by molar-refractivity contribution is 5.80. The van der Waals surface area contributed by atoms with E-state index in [9.17, 15) is 14.4 Å². The first-order chi connectivity index (χ1) is 13.2. The minimum atomic E-state index is -1.24. The average molecular weight is 388 g/mol. The molecule has 0 aliphatic carbocycles. The van der Waals surface area contributed by atoms with Gasteiger partial charge in [-0.3, -0.25) is 4.79 Å². The summed E-state index contributed by atoms with van der Waals surface area (Å²) in [6, 6.07) is 9.23. The van der Waals surface area contributed by atoms with Crippen molar-refractivity contribution in [2.45, 2.75) is 51.9 Å². The van der Waals surface area contributed by atoms with Crippen LogP contribution in [0.5, 0.6) is 0 Å². The number of esters is 2. The molecule has 0 aliphatic heterocycles. The topological polar surface area (TPSA) is 96.7 Å². The Morgan fingerprint density at radius 1 is 1.14 bits per heavy atom. The lowest BCUT2D eigenvalue weighted by atomic mass is 10.1. The van der Waals surface area contributed by atoms with Crippen LogP contribution in [0, 0.1) is 0 Å². The Morgan fingerprint density at radius 3 is 2.46 bits per heavy atom. The van der Waals surface area contributed by atoms with Crippen LogP contribution in [0.4, 0.5) is 4.79 Å². The SMILES string of the molecule is CC(C)(C)OC(=O)[C@H](CCC(=O)OCc1ccccc1)OC(=O)n1ccnc1. The van der Waals surface area contributed by atoms with Crippen molar-refractivity contribution in [3.8, 4) is 0 Å². The largest absolute Gasteiger partial charge is 0.461 e. The zero-order valence-electron chi connectivity index (χ0n) is 16.2. The van der Waals surface area contributed by atoms with E-state index in [1.54, 1.807) is 20.8 Å². The summed E-state index contributed by atoms with van der Waals surface area (Å²) in [6.45, 7) is 5.24. The Balaban J connectivity index is 1.93. The Labute approximate surface area is 163 Å². The number of benzene rings is 1. The highest BCUT2D eigenvalue weighted by Crippen LogP contribution is 2.14. The van der Waals surface area contributed by atoms with Crippen molar-refractivity contribution in [2.24, 2.45) is 0 Å². The van der Waals surface area contributed by atoms with E-state index in [0.717, 1.165) is 10.1 Å². The molecule has 0 saturated carbocycles. The van der Waals surface area contributed by atoms with E-state index < -0.39 is 29.7 Å². The van der Waals surface area contributed by atoms with Crippen molar-refractivity contribution < 1.29 is 28.6 Å². The molecule has 8 heteroatoms. The summed E-state index contributed by atoms with van der Waals surface area (Å²) in [7, 11) is 0. The van der Waals surface area contributed by atoms with Crippen molar-refractivity contribution >= 4 is 18.0 Å².